The Morgan fingerprint density at radius 3 is 2.85 bits per heavy atom. The van der Waals surface area contributed by atoms with Crippen LogP contribution >= 0.6 is 0 Å². The van der Waals surface area contributed by atoms with Crippen molar-refractivity contribution < 1.29 is 5.11 Å². The van der Waals surface area contributed by atoms with Crippen LogP contribution in [0, 0.1) is 5.92 Å². The van der Waals surface area contributed by atoms with Crippen LogP contribution in [-0.2, 0) is 0 Å². The molecule has 0 aromatic carbocycles. The summed E-state index contributed by atoms with van der Waals surface area (Å²) in [6.07, 6.45) is 5.66. The van der Waals surface area contributed by atoms with E-state index in [4.69, 9.17) is 0 Å². The minimum absolute atomic E-state index is 0.399. The SMILES string of the molecule is CCCNCC1(O)CCCC1CC. The Morgan fingerprint density at radius 2 is 2.23 bits per heavy atom. The van der Waals surface area contributed by atoms with E-state index in [0.29, 0.717) is 5.92 Å². The lowest BCUT2D eigenvalue weighted by molar-refractivity contribution is 0.00218. The Morgan fingerprint density at radius 1 is 1.46 bits per heavy atom. The molecule has 0 aromatic heterocycles. The summed E-state index contributed by atoms with van der Waals surface area (Å²) in [6.45, 7) is 6.15. The van der Waals surface area contributed by atoms with Gasteiger partial charge < -0.3 is 10.4 Å². The Balaban J connectivity index is 2.34. The average molecular weight is 185 g/mol. The van der Waals surface area contributed by atoms with Crippen LogP contribution in [0.3, 0.4) is 0 Å². The fourth-order valence-corrected chi connectivity index (χ4v) is 2.43. The Labute approximate surface area is 81.7 Å². The topological polar surface area (TPSA) is 32.3 Å². The molecule has 0 bridgehead atoms. The van der Waals surface area contributed by atoms with E-state index in [2.05, 4.69) is 19.2 Å². The second kappa shape index (κ2) is 4.97. The minimum atomic E-state index is -0.399. The molecule has 0 aliphatic heterocycles. The largest absolute Gasteiger partial charge is 0.388 e. The van der Waals surface area contributed by atoms with E-state index in [9.17, 15) is 5.11 Å². The monoisotopic (exact) mass is 185 g/mol. The van der Waals surface area contributed by atoms with E-state index < -0.39 is 5.60 Å². The first-order valence-electron chi connectivity index (χ1n) is 5.66. The second-order valence-electron chi connectivity index (χ2n) is 4.28. The van der Waals surface area contributed by atoms with E-state index in [0.717, 1.165) is 32.4 Å². The zero-order valence-electron chi connectivity index (χ0n) is 8.97. The van der Waals surface area contributed by atoms with E-state index >= 15 is 0 Å². The quantitative estimate of drug-likeness (QED) is 0.641. The highest BCUT2D eigenvalue weighted by molar-refractivity contribution is 4.93. The maximum absolute atomic E-state index is 10.3. The predicted octanol–water partition coefficient (Wildman–Crippen LogP) is 1.93. The van der Waals surface area contributed by atoms with Crippen LogP contribution in [0.5, 0.6) is 0 Å². The van der Waals surface area contributed by atoms with Gasteiger partial charge in [0, 0.05) is 6.54 Å². The fourth-order valence-electron chi connectivity index (χ4n) is 2.43. The normalized spacial score (nSPS) is 33.9. The maximum atomic E-state index is 10.3. The molecule has 0 aromatic rings. The zero-order chi connectivity index (χ0) is 9.73. The highest BCUT2D eigenvalue weighted by Gasteiger charge is 2.39. The first-order chi connectivity index (χ1) is 6.23. The highest BCUT2D eigenvalue weighted by atomic mass is 16.3. The van der Waals surface area contributed by atoms with Crippen molar-refractivity contribution >= 4 is 0 Å². The summed E-state index contributed by atoms with van der Waals surface area (Å²) >= 11 is 0. The molecule has 0 spiro atoms. The molecule has 2 heteroatoms. The predicted molar refractivity (Wildman–Crippen MR) is 55.7 cm³/mol. The van der Waals surface area contributed by atoms with Crippen LogP contribution in [0.25, 0.3) is 0 Å². The molecule has 0 saturated heterocycles. The highest BCUT2D eigenvalue weighted by Crippen LogP contribution is 2.37. The van der Waals surface area contributed by atoms with Crippen molar-refractivity contribution in [2.24, 2.45) is 5.92 Å². The van der Waals surface area contributed by atoms with Gasteiger partial charge in [0.15, 0.2) is 0 Å². The summed E-state index contributed by atoms with van der Waals surface area (Å²) in [4.78, 5) is 0. The molecule has 0 radical (unpaired) electrons. The van der Waals surface area contributed by atoms with Crippen LogP contribution in [0.2, 0.25) is 0 Å². The van der Waals surface area contributed by atoms with E-state index in [1.54, 1.807) is 0 Å². The number of rotatable bonds is 5. The molecule has 2 unspecified atom stereocenters. The van der Waals surface area contributed by atoms with Crippen molar-refractivity contribution in [2.75, 3.05) is 13.1 Å². The molecule has 13 heavy (non-hydrogen) atoms. The van der Waals surface area contributed by atoms with Gasteiger partial charge in [0.25, 0.3) is 0 Å². The number of aliphatic hydroxyl groups is 1. The smallest absolute Gasteiger partial charge is 0.0799 e. The lowest BCUT2D eigenvalue weighted by Crippen LogP contribution is -2.43. The van der Waals surface area contributed by atoms with Crippen LogP contribution < -0.4 is 5.32 Å². The molecule has 2 N–H and O–H groups in total. The third-order valence-corrected chi connectivity index (χ3v) is 3.27. The minimum Gasteiger partial charge on any atom is -0.388 e. The lowest BCUT2D eigenvalue weighted by Gasteiger charge is -2.29. The van der Waals surface area contributed by atoms with Crippen LogP contribution in [-0.4, -0.2) is 23.8 Å². The average Bonchev–Trinajstić information content (AvgIpc) is 2.47. The van der Waals surface area contributed by atoms with Crippen LogP contribution in [0.4, 0.5) is 0 Å². The van der Waals surface area contributed by atoms with Gasteiger partial charge >= 0.3 is 0 Å². The van der Waals surface area contributed by atoms with Gasteiger partial charge in [-0.2, -0.15) is 0 Å². The van der Waals surface area contributed by atoms with Gasteiger partial charge in [-0.15, -0.1) is 0 Å². The summed E-state index contributed by atoms with van der Waals surface area (Å²) in [6, 6.07) is 0. The molecular formula is C11H23NO. The number of nitrogens with one attached hydrogen (secondary N) is 1. The van der Waals surface area contributed by atoms with Crippen molar-refractivity contribution in [3.05, 3.63) is 0 Å². The summed E-state index contributed by atoms with van der Waals surface area (Å²) in [5.74, 6) is 0.525. The Bertz CT molecular complexity index is 149. The van der Waals surface area contributed by atoms with Gasteiger partial charge in [0.1, 0.15) is 0 Å². The van der Waals surface area contributed by atoms with Crippen molar-refractivity contribution in [1.29, 1.82) is 0 Å². The van der Waals surface area contributed by atoms with E-state index in [1.165, 1.54) is 12.8 Å². The van der Waals surface area contributed by atoms with Crippen molar-refractivity contribution in [1.82, 2.24) is 5.32 Å². The zero-order valence-corrected chi connectivity index (χ0v) is 8.97. The second-order valence-corrected chi connectivity index (χ2v) is 4.28. The van der Waals surface area contributed by atoms with Crippen molar-refractivity contribution in [2.45, 2.75) is 51.6 Å². The van der Waals surface area contributed by atoms with Gasteiger partial charge in [0.2, 0.25) is 0 Å². The van der Waals surface area contributed by atoms with Crippen molar-refractivity contribution in [3.63, 3.8) is 0 Å². The standard InChI is InChI=1S/C11H23NO/c1-3-8-12-9-11(13)7-5-6-10(11)4-2/h10,12-13H,3-9H2,1-2H3. The molecule has 1 rings (SSSR count). The lowest BCUT2D eigenvalue weighted by atomic mass is 9.89. The summed E-state index contributed by atoms with van der Waals surface area (Å²) in [5, 5.41) is 13.6. The van der Waals surface area contributed by atoms with Gasteiger partial charge in [0.05, 0.1) is 5.60 Å². The Kier molecular flexibility index (Phi) is 4.20. The van der Waals surface area contributed by atoms with Gasteiger partial charge in [-0.05, 0) is 31.7 Å². The molecule has 0 amide bonds. The molecule has 78 valence electrons. The third kappa shape index (κ3) is 2.68. The number of hydrogen-bond donors (Lipinski definition) is 2. The van der Waals surface area contributed by atoms with Gasteiger partial charge in [-0.3, -0.25) is 0 Å². The molecule has 2 atom stereocenters. The molecule has 2 nitrogen and oxygen atoms in total. The Hall–Kier alpha value is -0.0800. The van der Waals surface area contributed by atoms with Crippen LogP contribution in [0.1, 0.15) is 46.0 Å². The van der Waals surface area contributed by atoms with Gasteiger partial charge in [-0.1, -0.05) is 26.7 Å². The third-order valence-electron chi connectivity index (χ3n) is 3.27. The first kappa shape index (κ1) is 11.0. The molecule has 1 aliphatic carbocycles. The molecule has 1 aliphatic rings. The fraction of sp³-hybridized carbons (Fsp3) is 1.00. The summed E-state index contributed by atoms with van der Waals surface area (Å²) in [5.41, 5.74) is -0.399. The maximum Gasteiger partial charge on any atom is 0.0799 e. The molecular weight excluding hydrogens is 162 g/mol. The molecule has 0 heterocycles. The summed E-state index contributed by atoms with van der Waals surface area (Å²) in [7, 11) is 0. The van der Waals surface area contributed by atoms with E-state index in [-0.39, 0.29) is 0 Å². The van der Waals surface area contributed by atoms with Gasteiger partial charge in [-0.25, -0.2) is 0 Å². The molecule has 1 saturated carbocycles. The first-order valence-corrected chi connectivity index (χ1v) is 5.66. The van der Waals surface area contributed by atoms with Crippen molar-refractivity contribution in [3.8, 4) is 0 Å². The molecule has 1 fully saturated rings. The van der Waals surface area contributed by atoms with Crippen LogP contribution in [0.15, 0.2) is 0 Å². The van der Waals surface area contributed by atoms with E-state index in [1.807, 2.05) is 0 Å². The number of hydrogen-bond acceptors (Lipinski definition) is 2. The summed E-state index contributed by atoms with van der Waals surface area (Å²) < 4.78 is 0.